The molecule has 3 N–H and O–H groups in total. The van der Waals surface area contributed by atoms with Crippen molar-refractivity contribution in [2.75, 3.05) is 50.8 Å². The van der Waals surface area contributed by atoms with Crippen LogP contribution in [0.2, 0.25) is 0 Å². The number of fused-ring (bicyclic) bond motifs is 1. The number of phenols is 2. The quantitative estimate of drug-likeness (QED) is 0.131. The highest BCUT2D eigenvalue weighted by Crippen LogP contribution is 2.43. The summed E-state index contributed by atoms with van der Waals surface area (Å²) in [6.07, 6.45) is 4.59. The van der Waals surface area contributed by atoms with Crippen LogP contribution in [0.15, 0.2) is 66.7 Å². The van der Waals surface area contributed by atoms with Crippen molar-refractivity contribution in [2.45, 2.75) is 25.7 Å². The lowest BCUT2D eigenvalue weighted by atomic mass is 9.71. The number of aliphatic carboxylic acids is 1. The number of carboxylic acid groups (broad SMARTS) is 1. The van der Waals surface area contributed by atoms with Crippen molar-refractivity contribution in [3.8, 4) is 21.9 Å². The highest BCUT2D eigenvalue weighted by molar-refractivity contribution is 7.22. The Labute approximate surface area is 279 Å². The minimum Gasteiger partial charge on any atom is -0.508 e. The first-order chi connectivity index (χ1) is 20.8. The molecule has 4 aromatic rings. The van der Waals surface area contributed by atoms with Crippen molar-refractivity contribution >= 4 is 63.7 Å². The van der Waals surface area contributed by atoms with Gasteiger partial charge in [-0.3, -0.25) is 4.79 Å². The summed E-state index contributed by atoms with van der Waals surface area (Å²) in [5, 5.41) is 29.4. The minimum atomic E-state index is -0.927. The number of piperidine rings is 2. The Hall–Kier alpha value is -3.34. The molecule has 0 bridgehead atoms. The number of benzene rings is 3. The van der Waals surface area contributed by atoms with E-state index in [1.54, 1.807) is 30.3 Å². The summed E-state index contributed by atoms with van der Waals surface area (Å²) in [6.45, 7) is 5.01. The first-order valence-electron chi connectivity index (χ1n) is 14.8. The Kier molecular flexibility index (Phi) is 11.4. The molecule has 0 aliphatic carbocycles. The van der Waals surface area contributed by atoms with Gasteiger partial charge in [0.25, 0.3) is 0 Å². The number of thiophene rings is 1. The molecular weight excluding hydrogens is 635 g/mol. The number of phenolic OH excluding ortho intramolecular Hbond substituents is 2. The van der Waals surface area contributed by atoms with E-state index in [1.807, 2.05) is 36.4 Å². The van der Waals surface area contributed by atoms with E-state index >= 15 is 0 Å². The van der Waals surface area contributed by atoms with E-state index in [4.69, 9.17) is 9.84 Å². The first kappa shape index (κ1) is 34.5. The van der Waals surface area contributed by atoms with E-state index in [9.17, 15) is 19.8 Å². The fourth-order valence-electron chi connectivity index (χ4n) is 6.44. The normalized spacial score (nSPS) is 16.2. The summed E-state index contributed by atoms with van der Waals surface area (Å²) in [4.78, 5) is 30.2. The monoisotopic (exact) mass is 672 g/mol. The number of anilines is 1. The third-order valence-corrected chi connectivity index (χ3v) is 10.2. The molecule has 0 atom stereocenters. The summed E-state index contributed by atoms with van der Waals surface area (Å²) < 4.78 is 6.04. The van der Waals surface area contributed by atoms with E-state index in [1.165, 1.54) is 11.3 Å². The molecule has 3 aromatic carbocycles. The van der Waals surface area contributed by atoms with Crippen LogP contribution in [0, 0.1) is 5.41 Å². The molecule has 1 aromatic heterocycles. The Morgan fingerprint density at radius 2 is 1.44 bits per heavy atom. The number of hydrogen-bond acceptors (Lipinski definition) is 8. The number of nitrogens with zero attached hydrogens (tertiary/aromatic N) is 2. The molecule has 1 spiro atoms. The molecule has 2 aliphatic rings. The van der Waals surface area contributed by atoms with E-state index in [-0.39, 0.29) is 48.7 Å². The highest BCUT2D eigenvalue weighted by Gasteiger charge is 2.37. The Balaban J connectivity index is 0.00000230. The lowest BCUT2D eigenvalue weighted by molar-refractivity contribution is -0.142. The van der Waals surface area contributed by atoms with Gasteiger partial charge in [0.15, 0.2) is 5.78 Å². The van der Waals surface area contributed by atoms with E-state index < -0.39 is 5.97 Å². The number of halogens is 2. The maximum Gasteiger partial charge on any atom is 0.329 e. The second kappa shape index (κ2) is 14.8. The van der Waals surface area contributed by atoms with E-state index in [0.29, 0.717) is 23.1 Å². The third-order valence-electron chi connectivity index (χ3n) is 9.04. The lowest BCUT2D eigenvalue weighted by Crippen LogP contribution is -2.47. The van der Waals surface area contributed by atoms with Crippen molar-refractivity contribution < 1.29 is 29.6 Å². The van der Waals surface area contributed by atoms with Crippen LogP contribution in [0.1, 0.15) is 41.6 Å². The number of carboxylic acids is 1. The summed E-state index contributed by atoms with van der Waals surface area (Å²) in [7, 11) is 0. The van der Waals surface area contributed by atoms with Crippen molar-refractivity contribution in [1.29, 1.82) is 0 Å². The zero-order valence-corrected chi connectivity index (χ0v) is 27.3. The third kappa shape index (κ3) is 7.73. The molecule has 0 saturated carbocycles. The van der Waals surface area contributed by atoms with Crippen LogP contribution in [0.5, 0.6) is 11.5 Å². The topological polar surface area (TPSA) is 111 Å². The van der Waals surface area contributed by atoms with Gasteiger partial charge in [0.1, 0.15) is 18.1 Å². The standard InChI is InChI=1S/C34H36N2O6S.2ClH/c37-26-7-3-24(4-8-26)33-31(28-10-9-27(38)21-29(28)43-33)32(41)23-1-5-25(6-2-23)36-17-13-34(14-18-36)11-15-35(16-12-34)19-20-42-22-30(39)40;;/h1-10,21,37-38H,11-20,22H2,(H,39,40);2*1H. The highest BCUT2D eigenvalue weighted by atomic mass is 35.5. The first-order valence-corrected chi connectivity index (χ1v) is 15.6. The van der Waals surface area contributed by atoms with Gasteiger partial charge in [0.05, 0.1) is 6.61 Å². The Bertz CT molecular complexity index is 1610. The Morgan fingerprint density at radius 3 is 2.09 bits per heavy atom. The van der Waals surface area contributed by atoms with Gasteiger partial charge >= 0.3 is 5.97 Å². The SMILES string of the molecule is Cl.Cl.O=C(O)COCCN1CCC2(CC1)CCN(c1ccc(C(=O)c3c(-c4ccc(O)cc4)sc4cc(O)ccc34)cc1)CC2. The van der Waals surface area contributed by atoms with Crippen LogP contribution in [0.25, 0.3) is 20.5 Å². The predicted molar refractivity (Wildman–Crippen MR) is 183 cm³/mol. The van der Waals surface area contributed by atoms with Crippen LogP contribution in [-0.2, 0) is 9.53 Å². The summed E-state index contributed by atoms with van der Waals surface area (Å²) in [5.74, 6) is -0.668. The molecule has 2 saturated heterocycles. The number of carbonyl (C=O) groups excluding carboxylic acids is 1. The van der Waals surface area contributed by atoms with Crippen molar-refractivity contribution in [3.05, 3.63) is 77.9 Å². The Morgan fingerprint density at radius 1 is 0.822 bits per heavy atom. The molecule has 240 valence electrons. The van der Waals surface area contributed by atoms with Gasteiger partial charge in [0, 0.05) is 51.4 Å². The molecule has 45 heavy (non-hydrogen) atoms. The molecule has 0 amide bonds. The van der Waals surface area contributed by atoms with E-state index in [2.05, 4.69) is 9.80 Å². The second-order valence-electron chi connectivity index (χ2n) is 11.7. The van der Waals surface area contributed by atoms with Gasteiger partial charge in [-0.25, -0.2) is 4.79 Å². The minimum absolute atomic E-state index is 0. The number of hydrogen-bond donors (Lipinski definition) is 3. The number of rotatable bonds is 9. The molecule has 2 aliphatic heterocycles. The van der Waals surface area contributed by atoms with Crippen LogP contribution in [0.3, 0.4) is 0 Å². The summed E-state index contributed by atoms with van der Waals surface area (Å²) >= 11 is 1.46. The molecule has 11 heteroatoms. The van der Waals surface area contributed by atoms with E-state index in [0.717, 1.165) is 84.6 Å². The summed E-state index contributed by atoms with van der Waals surface area (Å²) in [5.41, 5.74) is 3.56. The smallest absolute Gasteiger partial charge is 0.329 e. The molecule has 0 radical (unpaired) electrons. The molecule has 8 nitrogen and oxygen atoms in total. The number of ether oxygens (including phenoxy) is 1. The van der Waals surface area contributed by atoms with Gasteiger partial charge in [-0.2, -0.15) is 0 Å². The largest absolute Gasteiger partial charge is 0.508 e. The molecule has 3 heterocycles. The number of aromatic hydroxyl groups is 2. The lowest BCUT2D eigenvalue weighted by Gasteiger charge is -2.47. The predicted octanol–water partition coefficient (Wildman–Crippen LogP) is 6.84. The number of likely N-dealkylation sites (tertiary alicyclic amines) is 1. The number of ketones is 1. The molecular formula is C34H38Cl2N2O6S. The van der Waals surface area contributed by atoms with Crippen LogP contribution >= 0.6 is 36.2 Å². The average Bonchev–Trinajstić information content (AvgIpc) is 3.39. The van der Waals surface area contributed by atoms with Gasteiger partial charge in [-0.05, 0) is 116 Å². The molecule has 6 rings (SSSR count). The number of carbonyl (C=O) groups is 2. The molecule has 2 fully saturated rings. The maximum atomic E-state index is 13.9. The zero-order valence-electron chi connectivity index (χ0n) is 24.8. The average molecular weight is 674 g/mol. The fraction of sp³-hybridized carbons (Fsp3) is 0.353. The van der Waals surface area contributed by atoms with Gasteiger partial charge in [0.2, 0.25) is 0 Å². The van der Waals surface area contributed by atoms with Gasteiger partial charge < -0.3 is 29.9 Å². The van der Waals surface area contributed by atoms with Crippen molar-refractivity contribution in [2.24, 2.45) is 5.41 Å². The summed E-state index contributed by atoms with van der Waals surface area (Å²) in [6, 6.07) is 19.9. The van der Waals surface area contributed by atoms with Crippen LogP contribution < -0.4 is 4.90 Å². The van der Waals surface area contributed by atoms with Gasteiger partial charge in [-0.1, -0.05) is 0 Å². The van der Waals surface area contributed by atoms with Crippen molar-refractivity contribution in [3.63, 3.8) is 0 Å². The fourth-order valence-corrected chi connectivity index (χ4v) is 7.68. The zero-order chi connectivity index (χ0) is 30.0. The van der Waals surface area contributed by atoms with Gasteiger partial charge in [-0.15, -0.1) is 36.2 Å². The van der Waals surface area contributed by atoms with Crippen molar-refractivity contribution in [1.82, 2.24) is 4.90 Å². The van der Waals surface area contributed by atoms with Crippen LogP contribution in [-0.4, -0.2) is 77.9 Å². The second-order valence-corrected chi connectivity index (χ2v) is 12.7. The maximum absolute atomic E-state index is 13.9. The van der Waals surface area contributed by atoms with Crippen LogP contribution in [0.4, 0.5) is 5.69 Å². The molecule has 0 unspecified atom stereocenters.